The number of carbonyl (C=O) groups is 2. The Hall–Kier alpha value is -6.48. The summed E-state index contributed by atoms with van der Waals surface area (Å²) in [5, 5.41) is 28.0. The highest BCUT2D eigenvalue weighted by Gasteiger charge is 2.41. The average molecular weight is 919 g/mol. The Morgan fingerprint density at radius 3 is 2.33 bits per heavy atom. The number of H-pyrrole nitrogens is 1. The number of nitrogens with one attached hydrogen (secondary N) is 2. The van der Waals surface area contributed by atoms with Crippen molar-refractivity contribution in [3.8, 4) is 27.4 Å². The number of aromatic hydroxyl groups is 1. The van der Waals surface area contributed by atoms with Crippen LogP contribution in [-0.4, -0.2) is 82.8 Å². The number of amides is 2. The van der Waals surface area contributed by atoms with Gasteiger partial charge in [-0.3, -0.25) is 9.59 Å². The highest BCUT2D eigenvalue weighted by molar-refractivity contribution is 7.13. The van der Waals surface area contributed by atoms with Crippen molar-refractivity contribution in [2.45, 2.75) is 115 Å². The molecule has 2 aliphatic heterocycles. The van der Waals surface area contributed by atoms with Crippen LogP contribution in [0.1, 0.15) is 136 Å². The van der Waals surface area contributed by atoms with Gasteiger partial charge >= 0.3 is 0 Å². The van der Waals surface area contributed by atoms with Crippen LogP contribution in [0, 0.1) is 12.8 Å². The van der Waals surface area contributed by atoms with E-state index in [1.165, 1.54) is 11.1 Å². The number of aryl methyl sites for hydroxylation is 1. The standard InChI is InChI=1S/C52H58N10O4S/c1-30(2)47(51(65)62-21-7-9-44(62)50(64)57-31(3)33-11-17-37(18-12-33)48-32(4)56-29-67-48)46-25-42(60-66-46)36-15-13-34(14-16-36)38-26-54-52(55-27-38)61-22-19-35(20-23-61)41-28-53-49-40(41)24-43(58-59-49)39-8-5-6-10-45(39)63/h5-6,8,10-12,17-18,24-31,34-36,44,47,63H,7,9,13-16,19-23H2,1-4H3,(H,53,59)(H,57,64)/t31-,34?,36?,44-,47-/m0/s1. The molecule has 3 atom stereocenters. The summed E-state index contributed by atoms with van der Waals surface area (Å²) in [6.45, 7) is 10.3. The molecule has 0 radical (unpaired) electrons. The molecular weight excluding hydrogens is 861 g/mol. The number of piperidine rings is 1. The lowest BCUT2D eigenvalue weighted by molar-refractivity contribution is -0.141. The molecule has 346 valence electrons. The van der Waals surface area contributed by atoms with Gasteiger partial charge in [0.15, 0.2) is 5.65 Å². The van der Waals surface area contributed by atoms with Gasteiger partial charge in [-0.1, -0.05) is 55.4 Å². The number of phenolic OH excluding ortho intramolecular Hbond substituents is 1. The number of likely N-dealkylation sites (tertiary alicyclic amines) is 1. The number of hydrogen-bond acceptors (Lipinski definition) is 12. The molecule has 3 aliphatic rings. The number of phenols is 1. The number of hydrogen-bond donors (Lipinski definition) is 3. The highest BCUT2D eigenvalue weighted by Crippen LogP contribution is 2.42. The number of para-hydroxylation sites is 1. The highest BCUT2D eigenvalue weighted by atomic mass is 32.1. The van der Waals surface area contributed by atoms with E-state index in [-0.39, 0.29) is 35.4 Å². The molecule has 1 aliphatic carbocycles. The van der Waals surface area contributed by atoms with E-state index in [0.717, 1.165) is 102 Å². The minimum atomic E-state index is -0.530. The number of carbonyl (C=O) groups excluding carboxylic acids is 2. The van der Waals surface area contributed by atoms with Crippen molar-refractivity contribution in [1.82, 2.24) is 45.5 Å². The zero-order valence-corrected chi connectivity index (χ0v) is 39.4. The summed E-state index contributed by atoms with van der Waals surface area (Å²) in [5.41, 5.74) is 10.4. The Bertz CT molecular complexity index is 2840. The van der Waals surface area contributed by atoms with Crippen molar-refractivity contribution >= 4 is 40.1 Å². The first-order valence-electron chi connectivity index (χ1n) is 23.9. The zero-order chi connectivity index (χ0) is 46.2. The molecule has 1 saturated carbocycles. The molecular formula is C52H58N10O4S. The van der Waals surface area contributed by atoms with E-state index in [1.807, 2.05) is 69.9 Å². The second-order valence-corrected chi connectivity index (χ2v) is 19.9. The smallest absolute Gasteiger partial charge is 0.243 e. The number of benzene rings is 2. The first-order valence-corrected chi connectivity index (χ1v) is 24.7. The molecule has 7 heterocycles. The van der Waals surface area contributed by atoms with Crippen molar-refractivity contribution in [3.05, 3.63) is 119 Å². The molecule has 2 saturated heterocycles. The maximum absolute atomic E-state index is 14.3. The normalized spacial score (nSPS) is 20.1. The number of nitrogens with zero attached hydrogens (tertiary/aromatic N) is 8. The molecule has 2 aromatic carbocycles. The van der Waals surface area contributed by atoms with Crippen LogP contribution in [0.3, 0.4) is 0 Å². The van der Waals surface area contributed by atoms with E-state index in [9.17, 15) is 14.7 Å². The van der Waals surface area contributed by atoms with E-state index < -0.39 is 12.0 Å². The lowest BCUT2D eigenvalue weighted by Crippen LogP contribution is -2.48. The van der Waals surface area contributed by atoms with Gasteiger partial charge in [0.05, 0.1) is 33.5 Å². The minimum Gasteiger partial charge on any atom is -0.507 e. The zero-order valence-electron chi connectivity index (χ0n) is 38.6. The van der Waals surface area contributed by atoms with Crippen molar-refractivity contribution in [3.63, 3.8) is 0 Å². The molecule has 0 unspecified atom stereocenters. The fourth-order valence-corrected chi connectivity index (χ4v) is 11.5. The van der Waals surface area contributed by atoms with Gasteiger partial charge in [-0.2, -0.15) is 0 Å². The predicted molar refractivity (Wildman–Crippen MR) is 259 cm³/mol. The summed E-state index contributed by atoms with van der Waals surface area (Å²) >= 11 is 1.62. The lowest BCUT2D eigenvalue weighted by Gasteiger charge is -2.32. The molecule has 10 rings (SSSR count). The number of aromatic amines is 1. The van der Waals surface area contributed by atoms with E-state index >= 15 is 0 Å². The summed E-state index contributed by atoms with van der Waals surface area (Å²) < 4.78 is 6.00. The number of thiazole rings is 1. The second kappa shape index (κ2) is 19.0. The molecule has 5 aromatic heterocycles. The number of rotatable bonds is 12. The molecule has 0 spiro atoms. The molecule has 3 N–H and O–H groups in total. The van der Waals surface area contributed by atoms with Gasteiger partial charge < -0.3 is 29.7 Å². The van der Waals surface area contributed by atoms with E-state index in [1.54, 1.807) is 28.4 Å². The maximum atomic E-state index is 14.3. The van der Waals surface area contributed by atoms with Crippen LogP contribution in [0.15, 0.2) is 89.3 Å². The summed E-state index contributed by atoms with van der Waals surface area (Å²) in [4.78, 5) is 50.7. The van der Waals surface area contributed by atoms with Crippen molar-refractivity contribution in [2.75, 3.05) is 24.5 Å². The van der Waals surface area contributed by atoms with Gasteiger partial charge in [0.2, 0.25) is 17.8 Å². The van der Waals surface area contributed by atoms with E-state index in [4.69, 9.17) is 14.5 Å². The lowest BCUT2D eigenvalue weighted by atomic mass is 9.78. The Balaban J connectivity index is 0.719. The first-order chi connectivity index (χ1) is 32.6. The van der Waals surface area contributed by atoms with Crippen molar-refractivity contribution < 1.29 is 19.2 Å². The SMILES string of the molecule is Cc1ncsc1-c1ccc([C@H](C)NC(=O)[C@@H]2CCCN2C(=O)[C@H](c2cc(C3CCC(c4cnc(N5CCC(c6c[nH]c7nnc(-c8ccccc8O)cc67)CC5)nc4)CC3)no2)C(C)C)cc1. The molecule has 7 aromatic rings. The van der Waals surface area contributed by atoms with Gasteiger partial charge in [-0.15, -0.1) is 21.5 Å². The van der Waals surface area contributed by atoms with Gasteiger partial charge in [0, 0.05) is 61.2 Å². The summed E-state index contributed by atoms with van der Waals surface area (Å²) in [5.74, 6) is 1.74. The first kappa shape index (κ1) is 44.4. The second-order valence-electron chi connectivity index (χ2n) is 19.1. The third kappa shape index (κ3) is 9.05. The molecule has 0 bridgehead atoms. The third-order valence-electron chi connectivity index (χ3n) is 14.5. The Morgan fingerprint density at radius 2 is 1.61 bits per heavy atom. The number of aromatic nitrogens is 7. The Labute approximate surface area is 394 Å². The van der Waals surface area contributed by atoms with E-state index in [0.29, 0.717) is 41.8 Å². The van der Waals surface area contributed by atoms with Gasteiger partial charge in [-0.05, 0) is 123 Å². The predicted octanol–water partition coefficient (Wildman–Crippen LogP) is 9.97. The maximum Gasteiger partial charge on any atom is 0.243 e. The number of fused-ring (bicyclic) bond motifs is 1. The van der Waals surface area contributed by atoms with Gasteiger partial charge in [0.25, 0.3) is 0 Å². The minimum absolute atomic E-state index is 0.0391. The third-order valence-corrected chi connectivity index (χ3v) is 15.5. The van der Waals surface area contributed by atoms with Crippen molar-refractivity contribution in [2.24, 2.45) is 5.92 Å². The quantitative estimate of drug-likeness (QED) is 0.106. The van der Waals surface area contributed by atoms with Crippen LogP contribution < -0.4 is 10.2 Å². The summed E-state index contributed by atoms with van der Waals surface area (Å²) in [7, 11) is 0. The molecule has 14 nitrogen and oxygen atoms in total. The molecule has 67 heavy (non-hydrogen) atoms. The molecule has 15 heteroatoms. The van der Waals surface area contributed by atoms with Crippen LogP contribution in [-0.2, 0) is 9.59 Å². The fourth-order valence-electron chi connectivity index (χ4n) is 10.7. The van der Waals surface area contributed by atoms with E-state index in [2.05, 4.69) is 66.0 Å². The molecule has 2 amide bonds. The topological polar surface area (TPSA) is 179 Å². The fraction of sp³-hybridized carbons (Fsp3) is 0.423. The monoisotopic (exact) mass is 918 g/mol. The summed E-state index contributed by atoms with van der Waals surface area (Å²) in [6, 6.07) is 18.8. The number of anilines is 1. The van der Waals surface area contributed by atoms with Crippen LogP contribution in [0.25, 0.3) is 32.7 Å². The molecule has 3 fully saturated rings. The largest absolute Gasteiger partial charge is 0.507 e. The van der Waals surface area contributed by atoms with Gasteiger partial charge in [-0.25, -0.2) is 15.0 Å². The van der Waals surface area contributed by atoms with Gasteiger partial charge in [0.1, 0.15) is 23.5 Å². The van der Waals surface area contributed by atoms with Crippen LogP contribution in [0.2, 0.25) is 0 Å². The Morgan fingerprint density at radius 1 is 0.866 bits per heavy atom. The van der Waals surface area contributed by atoms with Crippen LogP contribution >= 0.6 is 11.3 Å². The van der Waals surface area contributed by atoms with Crippen LogP contribution in [0.4, 0.5) is 5.95 Å². The summed E-state index contributed by atoms with van der Waals surface area (Å²) in [6.07, 6.45) is 13.3. The van der Waals surface area contributed by atoms with Crippen molar-refractivity contribution in [1.29, 1.82) is 0 Å². The van der Waals surface area contributed by atoms with Crippen LogP contribution in [0.5, 0.6) is 5.75 Å². The Kier molecular flexibility index (Phi) is 12.6. The average Bonchev–Trinajstić information content (AvgIpc) is 4.20.